The van der Waals surface area contributed by atoms with E-state index in [1.807, 2.05) is 0 Å². The molecule has 1 aliphatic heterocycles. The van der Waals surface area contributed by atoms with E-state index in [4.69, 9.17) is 4.42 Å². The van der Waals surface area contributed by atoms with E-state index in [1.165, 1.54) is 12.1 Å². The van der Waals surface area contributed by atoms with Crippen molar-refractivity contribution in [1.82, 2.24) is 10.2 Å². The van der Waals surface area contributed by atoms with Gasteiger partial charge in [-0.1, -0.05) is 12.1 Å². The summed E-state index contributed by atoms with van der Waals surface area (Å²) >= 11 is 0. The summed E-state index contributed by atoms with van der Waals surface area (Å²) < 4.78 is 5.24. The molecule has 0 aliphatic carbocycles. The Balaban J connectivity index is 1.60. The van der Waals surface area contributed by atoms with E-state index in [0.717, 1.165) is 0 Å². The number of carbonyl (C=O) groups excluding carboxylic acids is 2. The Morgan fingerprint density at radius 1 is 1.42 bits per heavy atom. The zero-order valence-electron chi connectivity index (χ0n) is 14.3. The van der Waals surface area contributed by atoms with E-state index in [-0.39, 0.29) is 23.9 Å². The summed E-state index contributed by atoms with van der Waals surface area (Å²) in [7, 11) is 0. The third-order valence-electron chi connectivity index (χ3n) is 4.45. The van der Waals surface area contributed by atoms with E-state index >= 15 is 0 Å². The molecule has 1 aromatic carbocycles. The summed E-state index contributed by atoms with van der Waals surface area (Å²) in [6.07, 6.45) is 1.69. The van der Waals surface area contributed by atoms with Crippen LogP contribution in [0.5, 0.6) is 0 Å². The number of nitro benzene ring substituents is 1. The Kier molecular flexibility index (Phi) is 5.01. The molecule has 1 aromatic heterocycles. The second kappa shape index (κ2) is 7.38. The molecule has 0 bridgehead atoms. The lowest BCUT2D eigenvalue weighted by Crippen LogP contribution is -2.34. The molecule has 0 spiro atoms. The van der Waals surface area contributed by atoms with Gasteiger partial charge in [-0.05, 0) is 24.6 Å². The van der Waals surface area contributed by atoms with Crippen LogP contribution in [0.3, 0.4) is 0 Å². The SMILES string of the molecule is CC(NC(=O)C1CC(=O)N(Cc2ccco2)C1)c1cccc([N+](=O)[O-])c1. The van der Waals surface area contributed by atoms with Crippen LogP contribution in [-0.2, 0) is 16.1 Å². The molecule has 8 nitrogen and oxygen atoms in total. The Morgan fingerprint density at radius 3 is 2.92 bits per heavy atom. The number of amides is 2. The number of furan rings is 1. The lowest BCUT2D eigenvalue weighted by Gasteiger charge is -2.18. The number of carbonyl (C=O) groups is 2. The third-order valence-corrected chi connectivity index (χ3v) is 4.45. The summed E-state index contributed by atoms with van der Waals surface area (Å²) in [5, 5.41) is 13.7. The molecule has 2 heterocycles. The predicted octanol–water partition coefficient (Wildman–Crippen LogP) is 2.41. The maximum Gasteiger partial charge on any atom is 0.269 e. The first kappa shape index (κ1) is 17.7. The predicted molar refractivity (Wildman–Crippen MR) is 91.9 cm³/mol. The number of nitrogens with zero attached hydrogens (tertiary/aromatic N) is 2. The van der Waals surface area contributed by atoms with E-state index in [0.29, 0.717) is 24.4 Å². The molecule has 2 amide bonds. The Labute approximate surface area is 149 Å². The molecule has 1 N–H and O–H groups in total. The van der Waals surface area contributed by atoms with E-state index < -0.39 is 16.9 Å². The highest BCUT2D eigenvalue weighted by atomic mass is 16.6. The highest BCUT2D eigenvalue weighted by Gasteiger charge is 2.35. The van der Waals surface area contributed by atoms with Crippen molar-refractivity contribution in [3.05, 3.63) is 64.1 Å². The first-order valence-corrected chi connectivity index (χ1v) is 8.29. The number of nitro groups is 1. The molecule has 3 rings (SSSR count). The molecule has 26 heavy (non-hydrogen) atoms. The monoisotopic (exact) mass is 357 g/mol. The van der Waals surface area contributed by atoms with Gasteiger partial charge in [0, 0.05) is 25.1 Å². The van der Waals surface area contributed by atoms with Gasteiger partial charge in [0.15, 0.2) is 0 Å². The van der Waals surface area contributed by atoms with Crippen LogP contribution in [0.4, 0.5) is 5.69 Å². The molecule has 8 heteroatoms. The maximum atomic E-state index is 12.5. The Bertz CT molecular complexity index is 818. The molecule has 1 aliphatic rings. The van der Waals surface area contributed by atoms with Gasteiger partial charge in [-0.2, -0.15) is 0 Å². The average molecular weight is 357 g/mol. The molecule has 136 valence electrons. The van der Waals surface area contributed by atoms with Crippen molar-refractivity contribution in [3.8, 4) is 0 Å². The number of hydrogen-bond acceptors (Lipinski definition) is 5. The molecule has 0 saturated carbocycles. The van der Waals surface area contributed by atoms with Crippen molar-refractivity contribution in [2.75, 3.05) is 6.54 Å². The number of non-ortho nitro benzene ring substituents is 1. The highest BCUT2D eigenvalue weighted by Crippen LogP contribution is 2.23. The van der Waals surface area contributed by atoms with Crippen LogP contribution < -0.4 is 5.32 Å². The average Bonchev–Trinajstić information content (AvgIpc) is 3.25. The van der Waals surface area contributed by atoms with Crippen molar-refractivity contribution in [3.63, 3.8) is 0 Å². The second-order valence-corrected chi connectivity index (χ2v) is 6.34. The highest BCUT2D eigenvalue weighted by molar-refractivity contribution is 5.89. The molecule has 0 radical (unpaired) electrons. The van der Waals surface area contributed by atoms with Crippen LogP contribution in [0.15, 0.2) is 47.1 Å². The quantitative estimate of drug-likeness (QED) is 0.631. The zero-order valence-corrected chi connectivity index (χ0v) is 14.3. The van der Waals surface area contributed by atoms with E-state index in [2.05, 4.69) is 5.32 Å². The normalized spacial score (nSPS) is 18.0. The number of hydrogen-bond donors (Lipinski definition) is 1. The topological polar surface area (TPSA) is 106 Å². The fourth-order valence-corrected chi connectivity index (χ4v) is 3.01. The Morgan fingerprint density at radius 2 is 2.23 bits per heavy atom. The molecule has 2 aromatic rings. The van der Waals surface area contributed by atoms with Crippen LogP contribution in [0.1, 0.15) is 30.7 Å². The van der Waals surface area contributed by atoms with Gasteiger partial charge in [0.05, 0.1) is 29.7 Å². The van der Waals surface area contributed by atoms with Crippen LogP contribution in [0.25, 0.3) is 0 Å². The van der Waals surface area contributed by atoms with Gasteiger partial charge in [0.2, 0.25) is 11.8 Å². The lowest BCUT2D eigenvalue weighted by atomic mass is 10.0. The van der Waals surface area contributed by atoms with Crippen molar-refractivity contribution in [2.24, 2.45) is 5.92 Å². The third kappa shape index (κ3) is 3.90. The van der Waals surface area contributed by atoms with Crippen LogP contribution in [-0.4, -0.2) is 28.2 Å². The van der Waals surface area contributed by atoms with Crippen LogP contribution in [0.2, 0.25) is 0 Å². The molecule has 1 fully saturated rings. The fraction of sp³-hybridized carbons (Fsp3) is 0.333. The number of nitrogens with one attached hydrogen (secondary N) is 1. The first-order chi connectivity index (χ1) is 12.4. The largest absolute Gasteiger partial charge is 0.467 e. The van der Waals surface area contributed by atoms with Crippen molar-refractivity contribution in [2.45, 2.75) is 25.9 Å². The van der Waals surface area contributed by atoms with Gasteiger partial charge >= 0.3 is 0 Å². The molecular weight excluding hydrogens is 338 g/mol. The summed E-state index contributed by atoms with van der Waals surface area (Å²) in [5.41, 5.74) is 0.619. The van der Waals surface area contributed by atoms with Crippen molar-refractivity contribution < 1.29 is 18.9 Å². The Hall–Kier alpha value is -3.16. The minimum Gasteiger partial charge on any atom is -0.467 e. The molecule has 2 atom stereocenters. The molecular formula is C18H19N3O5. The minimum atomic E-state index is -0.472. The summed E-state index contributed by atoms with van der Waals surface area (Å²) in [6, 6.07) is 9.29. The first-order valence-electron chi connectivity index (χ1n) is 8.29. The van der Waals surface area contributed by atoms with Gasteiger partial charge in [-0.3, -0.25) is 19.7 Å². The van der Waals surface area contributed by atoms with Gasteiger partial charge in [0.25, 0.3) is 5.69 Å². The van der Waals surface area contributed by atoms with Crippen molar-refractivity contribution >= 4 is 17.5 Å². The van der Waals surface area contributed by atoms with E-state index in [9.17, 15) is 19.7 Å². The van der Waals surface area contributed by atoms with Crippen LogP contribution in [0, 0.1) is 16.0 Å². The van der Waals surface area contributed by atoms with Crippen molar-refractivity contribution in [1.29, 1.82) is 0 Å². The number of benzene rings is 1. The van der Waals surface area contributed by atoms with Gasteiger partial charge in [-0.25, -0.2) is 0 Å². The fourth-order valence-electron chi connectivity index (χ4n) is 3.01. The van der Waals surface area contributed by atoms with Crippen LogP contribution >= 0.6 is 0 Å². The summed E-state index contributed by atoms with van der Waals surface area (Å²) in [5.74, 6) is -0.105. The van der Waals surface area contributed by atoms with Gasteiger partial charge < -0.3 is 14.6 Å². The lowest BCUT2D eigenvalue weighted by molar-refractivity contribution is -0.384. The minimum absolute atomic E-state index is 0.0238. The molecule has 2 unspecified atom stereocenters. The number of rotatable bonds is 6. The molecule has 1 saturated heterocycles. The van der Waals surface area contributed by atoms with Gasteiger partial charge in [0.1, 0.15) is 5.76 Å². The second-order valence-electron chi connectivity index (χ2n) is 6.34. The summed E-state index contributed by atoms with van der Waals surface area (Å²) in [4.78, 5) is 36.6. The number of likely N-dealkylation sites (tertiary alicyclic amines) is 1. The van der Waals surface area contributed by atoms with Gasteiger partial charge in [-0.15, -0.1) is 0 Å². The van der Waals surface area contributed by atoms with E-state index in [1.54, 1.807) is 42.4 Å². The summed E-state index contributed by atoms with van der Waals surface area (Å²) in [6.45, 7) is 2.43. The maximum absolute atomic E-state index is 12.5. The zero-order chi connectivity index (χ0) is 18.7. The smallest absolute Gasteiger partial charge is 0.269 e. The standard InChI is InChI=1S/C18H19N3O5/c1-12(13-4-2-5-15(8-13)21(24)25)19-18(23)14-9-17(22)20(10-14)11-16-6-3-7-26-16/h2-8,12,14H,9-11H2,1H3,(H,19,23).